The molecule has 0 radical (unpaired) electrons. The maximum Gasteiger partial charge on any atom is 0.174 e. The van der Waals surface area contributed by atoms with Crippen molar-refractivity contribution < 1.29 is 19.4 Å². The number of carbonyl (C=O) groups is 1. The van der Waals surface area contributed by atoms with Crippen LogP contribution in [0.1, 0.15) is 33.1 Å². The van der Waals surface area contributed by atoms with E-state index in [9.17, 15) is 9.90 Å². The van der Waals surface area contributed by atoms with Gasteiger partial charge in [-0.2, -0.15) is 0 Å². The number of hydrogen-bond acceptors (Lipinski definition) is 5. The van der Waals surface area contributed by atoms with Gasteiger partial charge in [0.2, 0.25) is 0 Å². The van der Waals surface area contributed by atoms with Gasteiger partial charge in [-0.15, -0.1) is 0 Å². The van der Waals surface area contributed by atoms with Crippen LogP contribution in [0.4, 0.5) is 0 Å². The zero-order valence-corrected chi connectivity index (χ0v) is 14.8. The van der Waals surface area contributed by atoms with E-state index in [1.165, 1.54) is 0 Å². The Morgan fingerprint density at radius 2 is 2.25 bits per heavy atom. The van der Waals surface area contributed by atoms with Crippen molar-refractivity contribution in [3.63, 3.8) is 0 Å². The monoisotopic (exact) mass is 331 g/mol. The SMILES string of the molecule is C=C1C2=C(C(=CC)OC)OC3C(=O)CCC4(O)C(C)N(C)C1CC234. The molecule has 5 nitrogen and oxygen atoms in total. The van der Waals surface area contributed by atoms with E-state index in [-0.39, 0.29) is 17.9 Å². The van der Waals surface area contributed by atoms with Crippen LogP contribution in [-0.4, -0.2) is 53.7 Å². The van der Waals surface area contributed by atoms with Gasteiger partial charge < -0.3 is 14.6 Å². The van der Waals surface area contributed by atoms with Crippen LogP contribution in [-0.2, 0) is 14.3 Å². The third-order valence-corrected chi connectivity index (χ3v) is 6.91. The molecule has 2 saturated carbocycles. The van der Waals surface area contributed by atoms with Gasteiger partial charge in [-0.25, -0.2) is 0 Å². The molecule has 0 aromatic carbocycles. The summed E-state index contributed by atoms with van der Waals surface area (Å²) >= 11 is 0. The van der Waals surface area contributed by atoms with E-state index in [0.717, 1.165) is 11.1 Å². The summed E-state index contributed by atoms with van der Waals surface area (Å²) in [6.07, 6.45) is 2.69. The predicted octanol–water partition coefficient (Wildman–Crippen LogP) is 1.93. The van der Waals surface area contributed by atoms with E-state index in [2.05, 4.69) is 11.5 Å². The summed E-state index contributed by atoms with van der Waals surface area (Å²) in [4.78, 5) is 14.9. The number of carbonyl (C=O) groups excluding carboxylic acids is 1. The van der Waals surface area contributed by atoms with Crippen molar-refractivity contribution in [3.05, 3.63) is 35.3 Å². The maximum atomic E-state index is 12.7. The van der Waals surface area contributed by atoms with Gasteiger partial charge in [0.25, 0.3) is 0 Å². The van der Waals surface area contributed by atoms with Crippen molar-refractivity contribution >= 4 is 5.78 Å². The number of allylic oxidation sites excluding steroid dienone is 1. The Kier molecular flexibility index (Phi) is 3.14. The molecule has 1 spiro atoms. The number of piperidine rings is 1. The molecule has 4 aliphatic rings. The highest BCUT2D eigenvalue weighted by atomic mass is 16.5. The van der Waals surface area contributed by atoms with Crippen molar-refractivity contribution in [2.24, 2.45) is 5.41 Å². The Balaban J connectivity index is 2.02. The highest BCUT2D eigenvalue weighted by molar-refractivity contribution is 5.89. The quantitative estimate of drug-likeness (QED) is 0.784. The molecule has 24 heavy (non-hydrogen) atoms. The molecule has 2 aliphatic carbocycles. The number of nitrogens with zero attached hydrogens (tertiary/aromatic N) is 1. The first-order valence-electron chi connectivity index (χ1n) is 8.61. The minimum Gasteiger partial charge on any atom is -0.493 e. The molecule has 3 fully saturated rings. The normalized spacial score (nSPS) is 44.7. The fourth-order valence-electron chi connectivity index (χ4n) is 5.58. The summed E-state index contributed by atoms with van der Waals surface area (Å²) in [6, 6.07) is 0.0539. The number of methoxy groups -OCH3 is 1. The Hall–Kier alpha value is -1.59. The van der Waals surface area contributed by atoms with Crippen LogP contribution in [0.15, 0.2) is 35.3 Å². The number of ketones is 1. The fraction of sp³-hybridized carbons (Fsp3) is 0.632. The van der Waals surface area contributed by atoms with Crippen molar-refractivity contribution in [2.75, 3.05) is 14.2 Å². The Labute approximate surface area is 142 Å². The highest BCUT2D eigenvalue weighted by Gasteiger charge is 2.75. The summed E-state index contributed by atoms with van der Waals surface area (Å²) in [7, 11) is 3.63. The molecule has 5 unspecified atom stereocenters. The minimum atomic E-state index is -1.00. The van der Waals surface area contributed by atoms with Crippen LogP contribution in [0.5, 0.6) is 0 Å². The Morgan fingerprint density at radius 1 is 1.54 bits per heavy atom. The van der Waals surface area contributed by atoms with Crippen LogP contribution in [0, 0.1) is 5.41 Å². The van der Waals surface area contributed by atoms with Gasteiger partial charge in [-0.3, -0.25) is 9.69 Å². The summed E-state index contributed by atoms with van der Waals surface area (Å²) in [5, 5.41) is 11.8. The second kappa shape index (κ2) is 4.73. The summed E-state index contributed by atoms with van der Waals surface area (Å²) in [6.45, 7) is 8.24. The van der Waals surface area contributed by atoms with Crippen molar-refractivity contribution in [2.45, 2.75) is 56.9 Å². The number of ether oxygens (including phenoxy) is 2. The molecule has 2 bridgehead atoms. The minimum absolute atomic E-state index is 0.0688. The number of likely N-dealkylation sites (tertiary alicyclic amines) is 1. The van der Waals surface area contributed by atoms with E-state index in [4.69, 9.17) is 9.47 Å². The van der Waals surface area contributed by atoms with Gasteiger partial charge >= 0.3 is 0 Å². The van der Waals surface area contributed by atoms with E-state index in [0.29, 0.717) is 30.8 Å². The number of likely N-dealkylation sites (N-methyl/N-ethyl adjacent to an activating group) is 1. The molecular formula is C19H25NO4. The van der Waals surface area contributed by atoms with Gasteiger partial charge in [-0.1, -0.05) is 6.58 Å². The standard InChI is InChI=1S/C19H25NO4/c1-6-14(23-5)16-15-10(2)12-9-18(15)17(24-16)13(21)7-8-19(18,22)11(3)20(12)4/h6,11-12,17,22H,2,7-9H2,1,3-5H3. The van der Waals surface area contributed by atoms with Crippen molar-refractivity contribution in [1.29, 1.82) is 0 Å². The highest BCUT2D eigenvalue weighted by Crippen LogP contribution is 2.68. The smallest absolute Gasteiger partial charge is 0.174 e. The molecule has 0 aromatic rings. The number of Topliss-reactive ketones (excluding diaryl/α,β-unsaturated/α-hetero) is 1. The average molecular weight is 331 g/mol. The van der Waals surface area contributed by atoms with Crippen LogP contribution in [0.25, 0.3) is 0 Å². The lowest BCUT2D eigenvalue weighted by Gasteiger charge is -2.57. The number of rotatable bonds is 2. The van der Waals surface area contributed by atoms with Crippen LogP contribution >= 0.6 is 0 Å². The first-order chi connectivity index (χ1) is 11.3. The molecule has 1 N–H and O–H groups in total. The lowest BCUT2D eigenvalue weighted by Crippen LogP contribution is -2.70. The van der Waals surface area contributed by atoms with Gasteiger partial charge in [0.15, 0.2) is 23.4 Å². The maximum absolute atomic E-state index is 12.7. The number of hydrogen-bond donors (Lipinski definition) is 1. The molecule has 2 heterocycles. The van der Waals surface area contributed by atoms with Crippen LogP contribution in [0.3, 0.4) is 0 Å². The number of aliphatic hydroxyl groups is 1. The summed E-state index contributed by atoms with van der Waals surface area (Å²) < 4.78 is 11.6. The lowest BCUT2D eigenvalue weighted by molar-refractivity contribution is -0.198. The molecule has 1 saturated heterocycles. The molecule has 0 amide bonds. The molecule has 4 rings (SSSR count). The van der Waals surface area contributed by atoms with Gasteiger partial charge in [0, 0.05) is 24.1 Å². The van der Waals surface area contributed by atoms with E-state index in [1.54, 1.807) is 7.11 Å². The third kappa shape index (κ3) is 1.47. The topological polar surface area (TPSA) is 59.0 Å². The van der Waals surface area contributed by atoms with Gasteiger partial charge in [0.05, 0.1) is 18.1 Å². The first kappa shape index (κ1) is 15.9. The van der Waals surface area contributed by atoms with E-state index in [1.807, 2.05) is 27.0 Å². The molecular weight excluding hydrogens is 306 g/mol. The van der Waals surface area contributed by atoms with Gasteiger partial charge in [-0.05, 0) is 45.4 Å². The Bertz CT molecular complexity index is 708. The van der Waals surface area contributed by atoms with Crippen LogP contribution in [0.2, 0.25) is 0 Å². The third-order valence-electron chi connectivity index (χ3n) is 6.91. The van der Waals surface area contributed by atoms with E-state index >= 15 is 0 Å². The first-order valence-corrected chi connectivity index (χ1v) is 8.61. The van der Waals surface area contributed by atoms with Crippen LogP contribution < -0.4 is 0 Å². The number of fused-ring (bicyclic) bond motifs is 1. The lowest BCUT2D eigenvalue weighted by atomic mass is 9.55. The largest absolute Gasteiger partial charge is 0.493 e. The fourth-order valence-corrected chi connectivity index (χ4v) is 5.58. The van der Waals surface area contributed by atoms with E-state index < -0.39 is 17.1 Å². The molecule has 2 aliphatic heterocycles. The zero-order valence-electron chi connectivity index (χ0n) is 14.8. The van der Waals surface area contributed by atoms with Crippen molar-refractivity contribution in [3.8, 4) is 0 Å². The molecule has 0 aromatic heterocycles. The second-order valence-electron chi connectivity index (χ2n) is 7.51. The zero-order chi connectivity index (χ0) is 17.4. The predicted molar refractivity (Wildman–Crippen MR) is 89.1 cm³/mol. The molecule has 130 valence electrons. The summed E-state index contributed by atoms with van der Waals surface area (Å²) in [5.41, 5.74) is 0.154. The average Bonchev–Trinajstić information content (AvgIpc) is 3.05. The van der Waals surface area contributed by atoms with Gasteiger partial charge in [0.1, 0.15) is 0 Å². The summed E-state index contributed by atoms with van der Waals surface area (Å²) in [5.74, 6) is 1.27. The Morgan fingerprint density at radius 3 is 2.88 bits per heavy atom. The molecule has 5 atom stereocenters. The molecule has 5 heteroatoms. The van der Waals surface area contributed by atoms with Crippen molar-refractivity contribution in [1.82, 2.24) is 4.90 Å². The second-order valence-corrected chi connectivity index (χ2v) is 7.51.